The molecule has 27 heavy (non-hydrogen) atoms. The van der Waals surface area contributed by atoms with Crippen molar-refractivity contribution in [1.82, 2.24) is 5.43 Å². The summed E-state index contributed by atoms with van der Waals surface area (Å²) in [6.45, 7) is 8.87. The van der Waals surface area contributed by atoms with E-state index in [1.807, 2.05) is 49.4 Å². The first-order valence-electron chi connectivity index (χ1n) is 8.77. The second-order valence-corrected chi connectivity index (χ2v) is 7.83. The first-order valence-corrected chi connectivity index (χ1v) is 9.56. The molecule has 0 aliphatic heterocycles. The van der Waals surface area contributed by atoms with Gasteiger partial charge in [-0.25, -0.2) is 5.43 Å². The van der Waals surface area contributed by atoms with E-state index < -0.39 is 0 Å². The molecule has 2 aromatic carbocycles. The van der Waals surface area contributed by atoms with E-state index in [9.17, 15) is 4.79 Å². The molecular formula is C21H25BrN2O3. The van der Waals surface area contributed by atoms with Gasteiger partial charge in [0.1, 0.15) is 11.5 Å². The topological polar surface area (TPSA) is 59.9 Å². The molecule has 6 heteroatoms. The van der Waals surface area contributed by atoms with Gasteiger partial charge in [0.2, 0.25) is 0 Å². The molecule has 0 heterocycles. The van der Waals surface area contributed by atoms with E-state index >= 15 is 0 Å². The fourth-order valence-corrected chi connectivity index (χ4v) is 2.75. The third-order valence-electron chi connectivity index (χ3n) is 3.75. The summed E-state index contributed by atoms with van der Waals surface area (Å²) in [7, 11) is 0. The number of hydrazone groups is 1. The minimum absolute atomic E-state index is 0.0496. The van der Waals surface area contributed by atoms with Gasteiger partial charge in [-0.05, 0) is 75.8 Å². The lowest BCUT2D eigenvalue weighted by Gasteiger charge is -2.20. The van der Waals surface area contributed by atoms with Crippen molar-refractivity contribution in [2.75, 3.05) is 13.2 Å². The average molecular weight is 433 g/mol. The molecule has 0 fully saturated rings. The number of rotatable bonds is 7. The number of carbonyl (C=O) groups excluding carboxylic acids is 1. The largest absolute Gasteiger partial charge is 0.494 e. The van der Waals surface area contributed by atoms with Crippen molar-refractivity contribution < 1.29 is 14.3 Å². The normalized spacial score (nSPS) is 11.4. The third-order valence-corrected chi connectivity index (χ3v) is 4.37. The standard InChI is InChI=1S/C21H25BrN2O3/c1-5-26-17-9-6-15(7-10-17)13-23-24-20(25)14-27-19-11-8-16(12-18(19)22)21(2,3)4/h6-13H,5,14H2,1-4H3,(H,24,25)/b23-13-. The summed E-state index contributed by atoms with van der Waals surface area (Å²) in [5.41, 5.74) is 4.55. The van der Waals surface area contributed by atoms with Crippen molar-refractivity contribution in [2.24, 2.45) is 5.10 Å². The molecule has 0 aromatic heterocycles. The highest BCUT2D eigenvalue weighted by Gasteiger charge is 2.15. The number of amides is 1. The SMILES string of the molecule is CCOc1ccc(/C=N\NC(=O)COc2ccc(C(C)(C)C)cc2Br)cc1. The van der Waals surface area contributed by atoms with E-state index in [0.29, 0.717) is 12.4 Å². The molecule has 0 aliphatic carbocycles. The Morgan fingerprint density at radius 1 is 1.15 bits per heavy atom. The van der Waals surface area contributed by atoms with Gasteiger partial charge in [0, 0.05) is 0 Å². The summed E-state index contributed by atoms with van der Waals surface area (Å²) in [5.74, 6) is 1.09. The van der Waals surface area contributed by atoms with E-state index in [1.165, 1.54) is 5.56 Å². The zero-order valence-electron chi connectivity index (χ0n) is 16.1. The van der Waals surface area contributed by atoms with Crippen LogP contribution in [0.25, 0.3) is 0 Å². The van der Waals surface area contributed by atoms with Crippen LogP contribution in [0.2, 0.25) is 0 Å². The molecule has 144 valence electrons. The van der Waals surface area contributed by atoms with E-state index in [2.05, 4.69) is 47.2 Å². The molecule has 5 nitrogen and oxygen atoms in total. The van der Waals surface area contributed by atoms with Crippen LogP contribution in [0.1, 0.15) is 38.8 Å². The molecule has 0 aliphatic rings. The Morgan fingerprint density at radius 2 is 1.85 bits per heavy atom. The summed E-state index contributed by atoms with van der Waals surface area (Å²) in [4.78, 5) is 11.9. The molecule has 0 saturated heterocycles. The van der Waals surface area contributed by atoms with Crippen LogP contribution in [0.5, 0.6) is 11.5 Å². The maximum atomic E-state index is 11.9. The average Bonchev–Trinajstić information content (AvgIpc) is 2.61. The van der Waals surface area contributed by atoms with Crippen LogP contribution in [-0.4, -0.2) is 25.3 Å². The van der Waals surface area contributed by atoms with Crippen molar-refractivity contribution in [3.05, 3.63) is 58.1 Å². The number of hydrogen-bond acceptors (Lipinski definition) is 4. The van der Waals surface area contributed by atoms with Crippen LogP contribution in [0.4, 0.5) is 0 Å². The van der Waals surface area contributed by atoms with E-state index in [-0.39, 0.29) is 17.9 Å². The highest BCUT2D eigenvalue weighted by Crippen LogP contribution is 2.31. The second-order valence-electron chi connectivity index (χ2n) is 6.98. The van der Waals surface area contributed by atoms with Crippen LogP contribution in [0, 0.1) is 0 Å². The third kappa shape index (κ3) is 6.71. The van der Waals surface area contributed by atoms with Crippen LogP contribution < -0.4 is 14.9 Å². The molecular weight excluding hydrogens is 408 g/mol. The first kappa shape index (κ1) is 21.0. The number of nitrogens with zero attached hydrogens (tertiary/aromatic N) is 1. The Kier molecular flexibility index (Phi) is 7.42. The number of ether oxygens (including phenoxy) is 2. The zero-order valence-corrected chi connectivity index (χ0v) is 17.7. The van der Waals surface area contributed by atoms with Gasteiger partial charge < -0.3 is 9.47 Å². The summed E-state index contributed by atoms with van der Waals surface area (Å²) in [6, 6.07) is 13.3. The number of carbonyl (C=O) groups is 1. The lowest BCUT2D eigenvalue weighted by atomic mass is 9.87. The molecule has 0 bridgehead atoms. The number of halogens is 1. The van der Waals surface area contributed by atoms with E-state index in [4.69, 9.17) is 9.47 Å². The maximum absolute atomic E-state index is 11.9. The van der Waals surface area contributed by atoms with E-state index in [1.54, 1.807) is 6.21 Å². The second kappa shape index (κ2) is 9.55. The molecule has 1 N–H and O–H groups in total. The summed E-state index contributed by atoms with van der Waals surface area (Å²) in [5, 5.41) is 3.94. The number of hydrogen-bond donors (Lipinski definition) is 1. The summed E-state index contributed by atoms with van der Waals surface area (Å²) < 4.78 is 11.8. The number of benzene rings is 2. The van der Waals surface area contributed by atoms with Crippen LogP contribution in [-0.2, 0) is 10.2 Å². The fourth-order valence-electron chi connectivity index (χ4n) is 2.26. The molecule has 2 rings (SSSR count). The predicted octanol–water partition coefficient (Wildman–Crippen LogP) is 4.67. The summed E-state index contributed by atoms with van der Waals surface area (Å²) in [6.07, 6.45) is 1.57. The van der Waals surface area contributed by atoms with Gasteiger partial charge in [0.25, 0.3) is 5.91 Å². The van der Waals surface area contributed by atoms with Crippen molar-refractivity contribution in [3.8, 4) is 11.5 Å². The van der Waals surface area contributed by atoms with Gasteiger partial charge in [-0.3, -0.25) is 4.79 Å². The summed E-state index contributed by atoms with van der Waals surface area (Å²) >= 11 is 3.49. The predicted molar refractivity (Wildman–Crippen MR) is 112 cm³/mol. The van der Waals surface area contributed by atoms with Crippen LogP contribution in [0.15, 0.2) is 52.0 Å². The van der Waals surface area contributed by atoms with Gasteiger partial charge in [0.15, 0.2) is 6.61 Å². The Morgan fingerprint density at radius 3 is 2.44 bits per heavy atom. The molecule has 0 atom stereocenters. The molecule has 1 amide bonds. The quantitative estimate of drug-likeness (QED) is 0.510. The van der Waals surface area contributed by atoms with Gasteiger partial charge in [-0.15, -0.1) is 0 Å². The van der Waals surface area contributed by atoms with Crippen molar-refractivity contribution in [1.29, 1.82) is 0 Å². The smallest absolute Gasteiger partial charge is 0.277 e. The lowest BCUT2D eigenvalue weighted by Crippen LogP contribution is -2.24. The van der Waals surface area contributed by atoms with Crippen LogP contribution >= 0.6 is 15.9 Å². The highest BCUT2D eigenvalue weighted by atomic mass is 79.9. The lowest BCUT2D eigenvalue weighted by molar-refractivity contribution is -0.123. The monoisotopic (exact) mass is 432 g/mol. The zero-order chi connectivity index (χ0) is 19.9. The Hall–Kier alpha value is -2.34. The fraction of sp³-hybridized carbons (Fsp3) is 0.333. The molecule has 2 aromatic rings. The molecule has 0 radical (unpaired) electrons. The minimum atomic E-state index is -0.330. The minimum Gasteiger partial charge on any atom is -0.494 e. The van der Waals surface area contributed by atoms with Gasteiger partial charge in [-0.1, -0.05) is 26.8 Å². The van der Waals surface area contributed by atoms with Crippen molar-refractivity contribution in [3.63, 3.8) is 0 Å². The van der Waals surface area contributed by atoms with Gasteiger partial charge in [-0.2, -0.15) is 5.10 Å². The van der Waals surface area contributed by atoms with Crippen molar-refractivity contribution in [2.45, 2.75) is 33.1 Å². The Balaban J connectivity index is 1.84. The molecule has 0 unspecified atom stereocenters. The van der Waals surface area contributed by atoms with Gasteiger partial charge in [0.05, 0.1) is 17.3 Å². The Bertz CT molecular complexity index is 796. The first-order chi connectivity index (χ1) is 12.8. The number of nitrogens with one attached hydrogen (secondary N) is 1. The maximum Gasteiger partial charge on any atom is 0.277 e. The van der Waals surface area contributed by atoms with E-state index in [0.717, 1.165) is 15.8 Å². The van der Waals surface area contributed by atoms with Gasteiger partial charge >= 0.3 is 0 Å². The Labute approximate surface area is 168 Å². The highest BCUT2D eigenvalue weighted by molar-refractivity contribution is 9.10. The molecule has 0 saturated carbocycles. The van der Waals surface area contributed by atoms with Crippen LogP contribution in [0.3, 0.4) is 0 Å². The molecule has 0 spiro atoms. The van der Waals surface area contributed by atoms with Crippen molar-refractivity contribution >= 4 is 28.1 Å².